The molecule has 3 aromatic carbocycles. The van der Waals surface area contributed by atoms with Gasteiger partial charge in [0, 0.05) is 36.1 Å². The molecule has 16 heteroatoms. The van der Waals surface area contributed by atoms with Gasteiger partial charge in [-0.2, -0.15) is 0 Å². The molecular formula is C38H41Cl2FN4O8S. The van der Waals surface area contributed by atoms with E-state index in [1.54, 1.807) is 69.3 Å². The number of ether oxygens (including phenoxy) is 3. The van der Waals surface area contributed by atoms with Crippen LogP contribution in [0.25, 0.3) is 0 Å². The fraction of sp³-hybridized carbons (Fsp3) is 0.395. The van der Waals surface area contributed by atoms with E-state index in [0.717, 1.165) is 4.31 Å². The Morgan fingerprint density at radius 3 is 2.43 bits per heavy atom. The Kier molecular flexibility index (Phi) is 11.6. The molecule has 3 heterocycles. The van der Waals surface area contributed by atoms with Gasteiger partial charge in [-0.3, -0.25) is 13.9 Å². The monoisotopic (exact) mass is 802 g/mol. The van der Waals surface area contributed by atoms with Gasteiger partial charge in [-0.15, -0.1) is 0 Å². The van der Waals surface area contributed by atoms with Gasteiger partial charge in [0.25, 0.3) is 21.8 Å². The van der Waals surface area contributed by atoms with Gasteiger partial charge in [0.1, 0.15) is 16.3 Å². The number of morpholine rings is 1. The molecule has 2 fully saturated rings. The fourth-order valence-corrected chi connectivity index (χ4v) is 8.68. The predicted molar refractivity (Wildman–Crippen MR) is 201 cm³/mol. The number of amides is 3. The van der Waals surface area contributed by atoms with Crippen LogP contribution in [0.15, 0.2) is 83.8 Å². The number of rotatable bonds is 2. The van der Waals surface area contributed by atoms with Crippen LogP contribution in [0.4, 0.5) is 14.9 Å². The van der Waals surface area contributed by atoms with Crippen molar-refractivity contribution in [1.29, 1.82) is 0 Å². The van der Waals surface area contributed by atoms with Crippen LogP contribution in [-0.2, 0) is 29.0 Å². The number of nitrogens with zero attached hydrogens (tertiary/aromatic N) is 3. The molecule has 2 saturated heterocycles. The highest BCUT2D eigenvalue weighted by atomic mass is 35.5. The van der Waals surface area contributed by atoms with Crippen molar-refractivity contribution in [1.82, 2.24) is 15.1 Å². The molecule has 0 aliphatic carbocycles. The van der Waals surface area contributed by atoms with Crippen LogP contribution in [-0.4, -0.2) is 106 Å². The summed E-state index contributed by atoms with van der Waals surface area (Å²) in [6, 6.07) is 15.4. The number of carbonyl (C=O) groups is 3. The molecule has 0 saturated carbocycles. The van der Waals surface area contributed by atoms with E-state index < -0.39 is 56.9 Å². The third-order valence-electron chi connectivity index (χ3n) is 9.32. The van der Waals surface area contributed by atoms with Gasteiger partial charge in [0.2, 0.25) is 0 Å². The first-order chi connectivity index (χ1) is 25.6. The largest absolute Gasteiger partial charge is 0.444 e. The van der Waals surface area contributed by atoms with Gasteiger partial charge in [-0.05, 0) is 80.9 Å². The molecule has 3 aliphatic heterocycles. The molecule has 3 aliphatic rings. The van der Waals surface area contributed by atoms with Gasteiger partial charge in [-0.25, -0.2) is 17.6 Å². The summed E-state index contributed by atoms with van der Waals surface area (Å²) in [6.45, 7) is 4.87. The molecule has 54 heavy (non-hydrogen) atoms. The van der Waals surface area contributed by atoms with Crippen molar-refractivity contribution < 1.29 is 41.4 Å². The molecule has 1 N–H and O–H groups in total. The number of fused-ring (bicyclic) bond motifs is 4. The Morgan fingerprint density at radius 1 is 1.00 bits per heavy atom. The van der Waals surface area contributed by atoms with Crippen molar-refractivity contribution in [2.75, 3.05) is 56.8 Å². The topological polar surface area (TPSA) is 135 Å². The van der Waals surface area contributed by atoms with Gasteiger partial charge >= 0.3 is 6.09 Å². The molecule has 0 radical (unpaired) electrons. The Hall–Kier alpha value is -4.21. The number of benzene rings is 3. The van der Waals surface area contributed by atoms with Crippen LogP contribution < -0.4 is 9.62 Å². The van der Waals surface area contributed by atoms with Crippen molar-refractivity contribution in [3.05, 3.63) is 106 Å². The number of anilines is 1. The molecule has 0 aromatic heterocycles. The van der Waals surface area contributed by atoms with Crippen LogP contribution in [0, 0.1) is 5.82 Å². The van der Waals surface area contributed by atoms with E-state index in [0.29, 0.717) is 16.3 Å². The molecule has 3 amide bonds. The van der Waals surface area contributed by atoms with Crippen molar-refractivity contribution >= 4 is 56.8 Å². The highest BCUT2D eigenvalue weighted by Crippen LogP contribution is 2.34. The average Bonchev–Trinajstić information content (AvgIpc) is 3.54. The first-order valence-electron chi connectivity index (χ1n) is 17.3. The summed E-state index contributed by atoms with van der Waals surface area (Å²) in [4.78, 5) is 44.4. The minimum atomic E-state index is -4.36. The van der Waals surface area contributed by atoms with Gasteiger partial charge in [0.05, 0.1) is 49.7 Å². The van der Waals surface area contributed by atoms with Gasteiger partial charge < -0.3 is 29.3 Å². The van der Waals surface area contributed by atoms with Crippen molar-refractivity contribution in [2.45, 2.75) is 48.8 Å². The quantitative estimate of drug-likeness (QED) is 0.329. The van der Waals surface area contributed by atoms with E-state index in [2.05, 4.69) is 5.32 Å². The van der Waals surface area contributed by atoms with Crippen molar-refractivity contribution in [3.63, 3.8) is 0 Å². The maximum absolute atomic E-state index is 14.4. The van der Waals surface area contributed by atoms with Crippen LogP contribution in [0.1, 0.15) is 42.6 Å². The van der Waals surface area contributed by atoms with Gasteiger partial charge in [-0.1, -0.05) is 47.5 Å². The number of hydrogen-bond donors (Lipinski definition) is 1. The van der Waals surface area contributed by atoms with E-state index >= 15 is 0 Å². The van der Waals surface area contributed by atoms with E-state index in [1.807, 2.05) is 0 Å². The smallest absolute Gasteiger partial charge is 0.410 e. The summed E-state index contributed by atoms with van der Waals surface area (Å²) < 4.78 is 61.5. The second-order valence-electron chi connectivity index (χ2n) is 14.3. The first-order valence-corrected chi connectivity index (χ1v) is 19.5. The van der Waals surface area contributed by atoms with Crippen molar-refractivity contribution in [2.24, 2.45) is 0 Å². The fourth-order valence-electron chi connectivity index (χ4n) is 6.64. The minimum absolute atomic E-state index is 0.00927. The molecule has 4 bridgehead atoms. The molecule has 6 rings (SSSR count). The van der Waals surface area contributed by atoms with Crippen LogP contribution in [0.3, 0.4) is 0 Å². The summed E-state index contributed by atoms with van der Waals surface area (Å²) in [5.74, 6) is -2.02. The number of carbonyl (C=O) groups excluding carboxylic acids is 3. The lowest BCUT2D eigenvalue weighted by Gasteiger charge is -2.42. The molecule has 3 atom stereocenters. The second kappa shape index (κ2) is 15.9. The Labute approximate surface area is 323 Å². The normalized spacial score (nSPS) is 24.4. The second-order valence-corrected chi connectivity index (χ2v) is 17.0. The lowest BCUT2D eigenvalue weighted by atomic mass is 9.93. The zero-order valence-electron chi connectivity index (χ0n) is 30.0. The van der Waals surface area contributed by atoms with E-state index in [-0.39, 0.29) is 68.0 Å². The van der Waals surface area contributed by atoms with Crippen LogP contribution in [0.5, 0.6) is 0 Å². The summed E-state index contributed by atoms with van der Waals surface area (Å²) in [5.41, 5.74) is -1.45. The number of halogens is 3. The Balaban J connectivity index is 1.41. The van der Waals surface area contributed by atoms with E-state index in [9.17, 15) is 27.2 Å². The number of sulfonamides is 1. The highest BCUT2D eigenvalue weighted by molar-refractivity contribution is 7.93. The SMILES string of the molecule is CC(C)(C)OC(=O)N1CCOC2(COC/C=C/CN(c3ccc(Cl)cc3)S(=O)(=O)c3cc(ccc3Cl)C(=O)N3C[C@H](NC2=O)[C@@H](c2ccc(F)cc2)C3)C1. The maximum atomic E-state index is 14.4. The summed E-state index contributed by atoms with van der Waals surface area (Å²) in [7, 11) is -4.36. The zero-order chi connectivity index (χ0) is 38.8. The third-order valence-corrected chi connectivity index (χ3v) is 11.8. The highest BCUT2D eigenvalue weighted by Gasteiger charge is 2.49. The Morgan fingerprint density at radius 2 is 1.72 bits per heavy atom. The van der Waals surface area contributed by atoms with Crippen LogP contribution in [0.2, 0.25) is 10.0 Å². The van der Waals surface area contributed by atoms with Gasteiger partial charge in [0.15, 0.2) is 5.60 Å². The molecule has 3 aromatic rings. The lowest BCUT2D eigenvalue weighted by molar-refractivity contribution is -0.171. The van der Waals surface area contributed by atoms with Crippen molar-refractivity contribution in [3.8, 4) is 0 Å². The van der Waals surface area contributed by atoms with E-state index in [4.69, 9.17) is 37.4 Å². The number of nitrogens with one attached hydrogen (secondary N) is 1. The van der Waals surface area contributed by atoms with E-state index in [1.165, 1.54) is 40.1 Å². The predicted octanol–water partition coefficient (Wildman–Crippen LogP) is 5.64. The standard InChI is InChI=1S/C38H41Cl2FN4O8S/c1-37(2,3)53-36(48)43-17-19-52-38(23-43)24-51-18-5-4-16-45(29-13-9-27(39)10-14-29)54(49,50)33-20-26(8-15-31(33)40)34(46)44-21-30(32(22-44)42-35(38)47)25-6-11-28(41)12-7-25/h4-15,20,30,32H,16-19,21-24H2,1-3H3,(H,42,47)/b5-4+/t30-,32+,38?/m1/s1. The molecule has 12 nitrogen and oxygen atoms in total. The lowest BCUT2D eigenvalue weighted by Crippen LogP contribution is -2.65. The molecule has 1 unspecified atom stereocenters. The first kappa shape index (κ1) is 39.5. The summed E-state index contributed by atoms with van der Waals surface area (Å²) >= 11 is 12.6. The zero-order valence-corrected chi connectivity index (χ0v) is 32.3. The summed E-state index contributed by atoms with van der Waals surface area (Å²) in [6.07, 6.45) is 2.56. The average molecular weight is 804 g/mol. The minimum Gasteiger partial charge on any atom is -0.444 e. The number of hydrogen-bond acceptors (Lipinski definition) is 8. The molecular weight excluding hydrogens is 762 g/mol. The maximum Gasteiger partial charge on any atom is 0.410 e. The third kappa shape index (κ3) is 8.68. The summed E-state index contributed by atoms with van der Waals surface area (Å²) in [5, 5.41) is 3.38. The van der Waals surface area contributed by atoms with Crippen LogP contribution >= 0.6 is 23.2 Å². The molecule has 1 spiro atoms. The Bertz CT molecular complexity index is 2030. The molecule has 288 valence electrons.